The van der Waals surface area contributed by atoms with Crippen LogP contribution >= 0.6 is 0 Å². The summed E-state index contributed by atoms with van der Waals surface area (Å²) in [6, 6.07) is 1.63. The molecule has 4 rings (SSSR count). The Morgan fingerprint density at radius 2 is 1.84 bits per heavy atom. The SMILES string of the molecule is Cc1nc2cnc(N)c(C#Cc3cncc(C(=O)Nc4nnc(C)n4C)c3)c2nc1C. The molecule has 0 spiro atoms. The van der Waals surface area contributed by atoms with Gasteiger partial charge in [-0.15, -0.1) is 10.2 Å². The van der Waals surface area contributed by atoms with Crippen LogP contribution in [0.3, 0.4) is 0 Å². The second kappa shape index (κ2) is 7.79. The summed E-state index contributed by atoms with van der Waals surface area (Å²) in [5.41, 5.74) is 10.2. The number of anilines is 2. The van der Waals surface area contributed by atoms with E-state index in [-0.39, 0.29) is 11.7 Å². The van der Waals surface area contributed by atoms with Crippen LogP contribution in [-0.4, -0.2) is 40.6 Å². The number of pyridine rings is 2. The molecule has 4 aromatic heterocycles. The number of nitrogen functional groups attached to an aromatic ring is 1. The minimum atomic E-state index is -0.366. The maximum atomic E-state index is 12.6. The predicted octanol–water partition coefficient (Wildman–Crippen LogP) is 1.71. The lowest BCUT2D eigenvalue weighted by Crippen LogP contribution is -2.15. The van der Waals surface area contributed by atoms with E-state index in [1.54, 1.807) is 37.0 Å². The summed E-state index contributed by atoms with van der Waals surface area (Å²) in [5.74, 6) is 6.92. The van der Waals surface area contributed by atoms with E-state index >= 15 is 0 Å². The highest BCUT2D eigenvalue weighted by Crippen LogP contribution is 2.19. The first-order valence-corrected chi connectivity index (χ1v) is 9.37. The van der Waals surface area contributed by atoms with Crippen LogP contribution in [-0.2, 0) is 7.05 Å². The number of nitrogens with two attached hydrogens (primary N) is 1. The summed E-state index contributed by atoms with van der Waals surface area (Å²) >= 11 is 0. The van der Waals surface area contributed by atoms with Crippen molar-refractivity contribution in [3.63, 3.8) is 0 Å². The molecule has 0 aliphatic heterocycles. The fraction of sp³-hybridized carbons (Fsp3) is 0.190. The van der Waals surface area contributed by atoms with Gasteiger partial charge < -0.3 is 10.3 Å². The minimum absolute atomic E-state index is 0.261. The summed E-state index contributed by atoms with van der Waals surface area (Å²) in [4.78, 5) is 29.9. The molecule has 10 nitrogen and oxygen atoms in total. The van der Waals surface area contributed by atoms with E-state index in [0.29, 0.717) is 39.5 Å². The first-order valence-electron chi connectivity index (χ1n) is 9.37. The number of nitrogens with one attached hydrogen (secondary N) is 1. The molecule has 0 aliphatic carbocycles. The quantitative estimate of drug-likeness (QED) is 0.474. The lowest BCUT2D eigenvalue weighted by atomic mass is 10.1. The Balaban J connectivity index is 1.67. The van der Waals surface area contributed by atoms with Crippen LogP contribution in [0.2, 0.25) is 0 Å². The molecule has 0 aliphatic rings. The molecular formula is C21H19N9O. The highest BCUT2D eigenvalue weighted by Gasteiger charge is 2.12. The van der Waals surface area contributed by atoms with E-state index in [1.807, 2.05) is 13.8 Å². The number of nitrogens with zero attached hydrogens (tertiary/aromatic N) is 7. The van der Waals surface area contributed by atoms with Gasteiger partial charge >= 0.3 is 0 Å². The van der Waals surface area contributed by atoms with Crippen LogP contribution in [0.15, 0.2) is 24.7 Å². The van der Waals surface area contributed by atoms with Gasteiger partial charge in [0.15, 0.2) is 0 Å². The number of hydrogen-bond acceptors (Lipinski definition) is 8. The number of rotatable bonds is 2. The molecule has 4 heterocycles. The molecule has 4 aromatic rings. The van der Waals surface area contributed by atoms with Gasteiger partial charge in [-0.25, -0.2) is 15.0 Å². The molecule has 0 aromatic carbocycles. The van der Waals surface area contributed by atoms with Crippen molar-refractivity contribution < 1.29 is 4.79 Å². The van der Waals surface area contributed by atoms with Crippen LogP contribution in [0.25, 0.3) is 11.0 Å². The van der Waals surface area contributed by atoms with Crippen molar-refractivity contribution >= 4 is 28.7 Å². The van der Waals surface area contributed by atoms with E-state index < -0.39 is 0 Å². The third kappa shape index (κ3) is 3.89. The highest BCUT2D eigenvalue weighted by atomic mass is 16.1. The predicted molar refractivity (Wildman–Crippen MR) is 115 cm³/mol. The Morgan fingerprint density at radius 1 is 1.06 bits per heavy atom. The maximum absolute atomic E-state index is 12.6. The highest BCUT2D eigenvalue weighted by molar-refractivity contribution is 6.03. The van der Waals surface area contributed by atoms with E-state index in [1.165, 1.54) is 6.20 Å². The summed E-state index contributed by atoms with van der Waals surface area (Å²) in [6.07, 6.45) is 4.59. The zero-order valence-electron chi connectivity index (χ0n) is 17.4. The molecule has 0 saturated carbocycles. The summed E-state index contributed by atoms with van der Waals surface area (Å²) in [6.45, 7) is 5.55. The number of aryl methyl sites for hydroxylation is 3. The summed E-state index contributed by atoms with van der Waals surface area (Å²) in [5, 5.41) is 10.6. The topological polar surface area (TPSA) is 137 Å². The van der Waals surface area contributed by atoms with Crippen LogP contribution < -0.4 is 11.1 Å². The zero-order chi connectivity index (χ0) is 22.1. The fourth-order valence-electron chi connectivity index (χ4n) is 2.79. The van der Waals surface area contributed by atoms with Gasteiger partial charge in [-0.2, -0.15) is 0 Å². The third-order valence-electron chi connectivity index (χ3n) is 4.80. The van der Waals surface area contributed by atoms with Gasteiger partial charge in [0.25, 0.3) is 5.91 Å². The van der Waals surface area contributed by atoms with Crippen LogP contribution in [0.1, 0.15) is 38.7 Å². The number of aromatic nitrogens is 7. The Labute approximate surface area is 178 Å². The molecule has 0 saturated heterocycles. The number of amides is 1. The Kier molecular flexibility index (Phi) is 5.00. The van der Waals surface area contributed by atoms with Crippen molar-refractivity contribution in [1.82, 2.24) is 34.7 Å². The number of carbonyl (C=O) groups excluding carboxylic acids is 1. The fourth-order valence-corrected chi connectivity index (χ4v) is 2.79. The number of carbonyl (C=O) groups is 1. The summed E-state index contributed by atoms with van der Waals surface area (Å²) < 4.78 is 1.68. The summed E-state index contributed by atoms with van der Waals surface area (Å²) in [7, 11) is 1.76. The van der Waals surface area contributed by atoms with Gasteiger partial charge in [-0.1, -0.05) is 11.8 Å². The average Bonchev–Trinajstić information content (AvgIpc) is 3.06. The van der Waals surface area contributed by atoms with Crippen molar-refractivity contribution in [3.05, 3.63) is 58.6 Å². The second-order valence-electron chi connectivity index (χ2n) is 6.94. The normalized spacial score (nSPS) is 10.6. The standard InChI is InChI=1S/C21H19N9O/c1-11-12(2)26-18-16(19(22)24-10-17(18)25-11)6-5-14-7-15(9-23-8-14)20(31)27-21-29-28-13(3)30(21)4/h7-10H,1-4H3,(H2,22,24)(H,27,29,31). The molecule has 0 atom stereocenters. The zero-order valence-corrected chi connectivity index (χ0v) is 17.4. The molecule has 0 fully saturated rings. The van der Waals surface area contributed by atoms with Crippen molar-refractivity contribution in [2.24, 2.45) is 7.05 Å². The Hall–Kier alpha value is -4.39. The van der Waals surface area contributed by atoms with Crippen molar-refractivity contribution in [2.45, 2.75) is 20.8 Å². The van der Waals surface area contributed by atoms with E-state index in [0.717, 1.165) is 11.4 Å². The van der Waals surface area contributed by atoms with Gasteiger partial charge in [-0.3, -0.25) is 15.1 Å². The lowest BCUT2D eigenvalue weighted by molar-refractivity contribution is 0.102. The Morgan fingerprint density at radius 3 is 2.58 bits per heavy atom. The largest absolute Gasteiger partial charge is 0.383 e. The minimum Gasteiger partial charge on any atom is -0.383 e. The van der Waals surface area contributed by atoms with E-state index in [2.05, 4.69) is 47.3 Å². The van der Waals surface area contributed by atoms with Crippen molar-refractivity contribution in [2.75, 3.05) is 11.1 Å². The van der Waals surface area contributed by atoms with Gasteiger partial charge in [0.2, 0.25) is 5.95 Å². The molecule has 1 amide bonds. The van der Waals surface area contributed by atoms with Crippen LogP contribution in [0.4, 0.5) is 11.8 Å². The van der Waals surface area contributed by atoms with Crippen LogP contribution in [0.5, 0.6) is 0 Å². The van der Waals surface area contributed by atoms with Gasteiger partial charge in [0.1, 0.15) is 22.7 Å². The molecule has 31 heavy (non-hydrogen) atoms. The molecule has 154 valence electrons. The molecule has 3 N–H and O–H groups in total. The Bertz CT molecular complexity index is 1400. The molecule has 10 heteroatoms. The molecular weight excluding hydrogens is 394 g/mol. The first-order chi connectivity index (χ1) is 14.8. The van der Waals surface area contributed by atoms with Gasteiger partial charge in [-0.05, 0) is 26.8 Å². The monoisotopic (exact) mass is 413 g/mol. The number of fused-ring (bicyclic) bond motifs is 1. The third-order valence-corrected chi connectivity index (χ3v) is 4.80. The molecule has 0 unspecified atom stereocenters. The lowest BCUT2D eigenvalue weighted by Gasteiger charge is -2.06. The average molecular weight is 413 g/mol. The van der Waals surface area contributed by atoms with Crippen molar-refractivity contribution in [1.29, 1.82) is 0 Å². The molecule has 0 radical (unpaired) electrons. The van der Waals surface area contributed by atoms with E-state index in [4.69, 9.17) is 5.73 Å². The second-order valence-corrected chi connectivity index (χ2v) is 6.94. The molecule has 0 bridgehead atoms. The van der Waals surface area contributed by atoms with Crippen LogP contribution in [0, 0.1) is 32.6 Å². The van der Waals surface area contributed by atoms with Gasteiger partial charge in [0.05, 0.1) is 28.7 Å². The van der Waals surface area contributed by atoms with Crippen molar-refractivity contribution in [3.8, 4) is 11.8 Å². The number of hydrogen-bond donors (Lipinski definition) is 2. The van der Waals surface area contributed by atoms with Gasteiger partial charge in [0, 0.05) is 25.0 Å². The first kappa shape index (κ1) is 19.9. The maximum Gasteiger partial charge on any atom is 0.259 e. The smallest absolute Gasteiger partial charge is 0.259 e. The van der Waals surface area contributed by atoms with E-state index in [9.17, 15) is 4.79 Å².